The van der Waals surface area contributed by atoms with E-state index < -0.39 is 21.9 Å². The number of hydrogen-bond donors (Lipinski definition) is 1. The molecule has 1 fully saturated rings. The monoisotopic (exact) mass is 470 g/mol. The van der Waals surface area contributed by atoms with Gasteiger partial charge in [-0.05, 0) is 29.1 Å². The molecule has 11 heteroatoms. The van der Waals surface area contributed by atoms with Crippen molar-refractivity contribution in [1.29, 1.82) is 0 Å². The highest BCUT2D eigenvalue weighted by Gasteiger charge is 2.31. The second kappa shape index (κ2) is 9.82. The molecule has 30 heavy (non-hydrogen) atoms. The van der Waals surface area contributed by atoms with Crippen LogP contribution in [0.25, 0.3) is 0 Å². The van der Waals surface area contributed by atoms with Crippen molar-refractivity contribution >= 4 is 45.0 Å². The average Bonchev–Trinajstić information content (AvgIpc) is 3.28. The fourth-order valence-corrected chi connectivity index (χ4v) is 6.88. The molecule has 1 aromatic carbocycles. The molecule has 0 unspecified atom stereocenters. The highest BCUT2D eigenvalue weighted by atomic mass is 32.2. The van der Waals surface area contributed by atoms with E-state index in [0.29, 0.717) is 24.4 Å². The van der Waals surface area contributed by atoms with Crippen LogP contribution in [-0.4, -0.2) is 63.4 Å². The van der Waals surface area contributed by atoms with Crippen LogP contribution in [0.1, 0.15) is 25.6 Å². The number of nitrogens with one attached hydrogen (secondary N) is 1. The van der Waals surface area contributed by atoms with Crippen molar-refractivity contribution in [3.63, 3.8) is 0 Å². The quantitative estimate of drug-likeness (QED) is 0.619. The third-order valence-corrected chi connectivity index (χ3v) is 8.47. The lowest BCUT2D eigenvalue weighted by Gasteiger charge is -2.25. The summed E-state index contributed by atoms with van der Waals surface area (Å²) in [5.74, 6) is 0.815. The predicted octanol–water partition coefficient (Wildman–Crippen LogP) is 2.21. The van der Waals surface area contributed by atoms with Crippen molar-refractivity contribution in [2.75, 3.05) is 38.8 Å². The Morgan fingerprint density at radius 2 is 1.90 bits per heavy atom. The van der Waals surface area contributed by atoms with Crippen molar-refractivity contribution in [3.8, 4) is 5.75 Å². The highest BCUT2D eigenvalue weighted by Crippen LogP contribution is 2.27. The molecule has 0 saturated carbocycles. The Bertz CT molecular complexity index is 1030. The zero-order chi connectivity index (χ0) is 21.7. The Kier molecular flexibility index (Phi) is 7.40. The molecule has 1 N–H and O–H groups in total. The van der Waals surface area contributed by atoms with Crippen LogP contribution in [0, 0.1) is 0 Å². The molecule has 1 aromatic heterocycles. The summed E-state index contributed by atoms with van der Waals surface area (Å²) < 4.78 is 37.2. The Balaban J connectivity index is 1.75. The summed E-state index contributed by atoms with van der Waals surface area (Å²) >= 11 is 2.80. The van der Waals surface area contributed by atoms with E-state index >= 15 is 0 Å². The minimum absolute atomic E-state index is 0.0295. The van der Waals surface area contributed by atoms with Gasteiger partial charge in [-0.15, -0.1) is 11.3 Å². The summed E-state index contributed by atoms with van der Waals surface area (Å²) in [6.45, 7) is 0.989. The van der Waals surface area contributed by atoms with E-state index in [1.165, 1.54) is 24.6 Å². The normalized spacial score (nSPS) is 14.9. The third-order valence-electron chi connectivity index (χ3n) is 4.55. The highest BCUT2D eigenvalue weighted by molar-refractivity contribution is 7.99. The second-order valence-electron chi connectivity index (χ2n) is 6.34. The SMILES string of the molecule is COC(=O)c1cc(CNC(=O)c2sccc2S(=O)(=O)N2CCSCC2)ccc1OC. The molecule has 2 heterocycles. The van der Waals surface area contributed by atoms with Crippen LogP contribution in [0.2, 0.25) is 0 Å². The topological polar surface area (TPSA) is 102 Å². The molecule has 0 radical (unpaired) electrons. The van der Waals surface area contributed by atoms with Gasteiger partial charge >= 0.3 is 5.97 Å². The number of esters is 1. The zero-order valence-corrected chi connectivity index (χ0v) is 19.0. The number of nitrogens with zero attached hydrogens (tertiary/aromatic N) is 1. The van der Waals surface area contributed by atoms with E-state index in [1.54, 1.807) is 35.3 Å². The Labute approximate surface area is 183 Å². The van der Waals surface area contributed by atoms with Crippen molar-refractivity contribution in [1.82, 2.24) is 9.62 Å². The van der Waals surface area contributed by atoms with Crippen molar-refractivity contribution in [2.24, 2.45) is 0 Å². The number of benzene rings is 1. The molecular weight excluding hydrogens is 448 g/mol. The lowest BCUT2D eigenvalue weighted by atomic mass is 10.1. The van der Waals surface area contributed by atoms with E-state index in [-0.39, 0.29) is 21.9 Å². The first-order valence-corrected chi connectivity index (χ1v) is 12.5. The maximum atomic E-state index is 12.9. The minimum atomic E-state index is -3.72. The second-order valence-corrected chi connectivity index (χ2v) is 10.4. The molecule has 2 aromatic rings. The average molecular weight is 471 g/mol. The lowest BCUT2D eigenvalue weighted by molar-refractivity contribution is 0.0597. The number of ether oxygens (including phenoxy) is 2. The summed E-state index contributed by atoms with van der Waals surface area (Å²) in [6, 6.07) is 6.37. The van der Waals surface area contributed by atoms with Gasteiger partial charge in [0.05, 0.1) is 14.2 Å². The summed E-state index contributed by atoms with van der Waals surface area (Å²) in [4.78, 5) is 24.8. The molecule has 1 amide bonds. The molecule has 8 nitrogen and oxygen atoms in total. The summed E-state index contributed by atoms with van der Waals surface area (Å²) in [6.07, 6.45) is 0. The lowest BCUT2D eigenvalue weighted by Crippen LogP contribution is -2.38. The largest absolute Gasteiger partial charge is 0.496 e. The van der Waals surface area contributed by atoms with Crippen LogP contribution < -0.4 is 10.1 Å². The van der Waals surface area contributed by atoms with Gasteiger partial charge in [0, 0.05) is 31.1 Å². The van der Waals surface area contributed by atoms with Gasteiger partial charge in [-0.25, -0.2) is 13.2 Å². The van der Waals surface area contributed by atoms with Crippen LogP contribution >= 0.6 is 23.1 Å². The fourth-order valence-electron chi connectivity index (χ4n) is 2.99. The number of rotatable bonds is 7. The first-order chi connectivity index (χ1) is 14.4. The smallest absolute Gasteiger partial charge is 0.341 e. The first-order valence-electron chi connectivity index (χ1n) is 9.07. The number of thiophene rings is 1. The van der Waals surface area contributed by atoms with E-state index in [9.17, 15) is 18.0 Å². The van der Waals surface area contributed by atoms with E-state index in [4.69, 9.17) is 9.47 Å². The Morgan fingerprint density at radius 3 is 2.57 bits per heavy atom. The molecule has 1 saturated heterocycles. The molecule has 162 valence electrons. The summed E-state index contributed by atoms with van der Waals surface area (Å²) in [7, 11) is -0.995. The summed E-state index contributed by atoms with van der Waals surface area (Å²) in [5.41, 5.74) is 0.896. The van der Waals surface area contributed by atoms with Crippen molar-refractivity contribution in [3.05, 3.63) is 45.6 Å². The Hall–Kier alpha value is -2.08. The molecule has 1 aliphatic heterocycles. The molecular formula is C19H22N2O6S3. The maximum absolute atomic E-state index is 12.9. The van der Waals surface area contributed by atoms with Gasteiger partial charge in [-0.2, -0.15) is 16.1 Å². The van der Waals surface area contributed by atoms with Crippen LogP contribution in [0.3, 0.4) is 0 Å². The number of thioether (sulfide) groups is 1. The van der Waals surface area contributed by atoms with Gasteiger partial charge < -0.3 is 14.8 Å². The fraction of sp³-hybridized carbons (Fsp3) is 0.368. The van der Waals surface area contributed by atoms with Crippen LogP contribution in [0.15, 0.2) is 34.5 Å². The number of sulfonamides is 1. The molecule has 1 aliphatic rings. The zero-order valence-electron chi connectivity index (χ0n) is 16.5. The number of carbonyl (C=O) groups excluding carboxylic acids is 2. The summed E-state index contributed by atoms with van der Waals surface area (Å²) in [5, 5.41) is 4.33. The van der Waals surface area contributed by atoms with Gasteiger partial charge in [0.1, 0.15) is 21.1 Å². The Morgan fingerprint density at radius 1 is 1.17 bits per heavy atom. The van der Waals surface area contributed by atoms with E-state index in [0.717, 1.165) is 22.8 Å². The number of amides is 1. The third kappa shape index (κ3) is 4.80. The molecule has 3 rings (SSSR count). The number of methoxy groups -OCH3 is 2. The van der Waals surface area contributed by atoms with Gasteiger partial charge in [0.2, 0.25) is 10.0 Å². The van der Waals surface area contributed by atoms with Crippen LogP contribution in [0.4, 0.5) is 0 Å². The van der Waals surface area contributed by atoms with E-state index in [1.807, 2.05) is 0 Å². The minimum Gasteiger partial charge on any atom is -0.496 e. The molecule has 0 spiro atoms. The molecule has 0 atom stereocenters. The van der Waals surface area contributed by atoms with Crippen LogP contribution in [-0.2, 0) is 21.3 Å². The van der Waals surface area contributed by atoms with Gasteiger partial charge in [0.15, 0.2) is 0 Å². The number of carbonyl (C=O) groups is 2. The van der Waals surface area contributed by atoms with Gasteiger partial charge in [0.25, 0.3) is 5.91 Å². The maximum Gasteiger partial charge on any atom is 0.341 e. The van der Waals surface area contributed by atoms with E-state index in [2.05, 4.69) is 5.32 Å². The van der Waals surface area contributed by atoms with Crippen LogP contribution in [0.5, 0.6) is 5.75 Å². The standard InChI is InChI=1S/C19H22N2O6S3/c1-26-15-4-3-13(11-14(15)19(23)27-2)12-20-18(22)17-16(5-8-29-17)30(24,25)21-6-9-28-10-7-21/h3-5,8,11H,6-7,9-10,12H2,1-2H3,(H,20,22). The van der Waals surface area contributed by atoms with Gasteiger partial charge in [-0.1, -0.05) is 6.07 Å². The molecule has 0 aliphatic carbocycles. The van der Waals surface area contributed by atoms with Crippen molar-refractivity contribution < 1.29 is 27.5 Å². The predicted molar refractivity (Wildman–Crippen MR) is 116 cm³/mol. The van der Waals surface area contributed by atoms with Crippen molar-refractivity contribution in [2.45, 2.75) is 11.4 Å². The molecule has 0 bridgehead atoms. The number of hydrogen-bond acceptors (Lipinski definition) is 8. The first kappa shape index (κ1) is 22.6. The van der Waals surface area contributed by atoms with Gasteiger partial charge in [-0.3, -0.25) is 4.79 Å².